The molecule has 3 aromatic carbocycles. The number of carbonyl (C=O) groups is 1. The smallest absolute Gasteiger partial charge is 0.267 e. The van der Waals surface area contributed by atoms with E-state index in [2.05, 4.69) is 10.3 Å². The Balaban J connectivity index is 1.36. The molecule has 0 spiro atoms. The van der Waals surface area contributed by atoms with Gasteiger partial charge in [0.25, 0.3) is 11.5 Å². The third-order valence-corrected chi connectivity index (χ3v) is 7.20. The lowest BCUT2D eigenvalue weighted by Crippen LogP contribution is -2.38. The fourth-order valence-corrected chi connectivity index (χ4v) is 5.27. The lowest BCUT2D eigenvalue weighted by atomic mass is 10.1. The van der Waals surface area contributed by atoms with E-state index in [-0.39, 0.29) is 18.0 Å². The highest BCUT2D eigenvalue weighted by Crippen LogP contribution is 2.39. The first-order chi connectivity index (χ1) is 19.4. The number of nitrogens with one attached hydrogen (secondary N) is 1. The average Bonchev–Trinajstić information content (AvgIpc) is 3.32. The van der Waals surface area contributed by atoms with Crippen molar-refractivity contribution in [3.63, 3.8) is 0 Å². The van der Waals surface area contributed by atoms with Gasteiger partial charge < -0.3 is 24.6 Å². The van der Waals surface area contributed by atoms with Crippen molar-refractivity contribution in [2.24, 2.45) is 0 Å². The first-order valence-electron chi connectivity index (χ1n) is 12.8. The van der Waals surface area contributed by atoms with E-state index in [9.17, 15) is 14.7 Å². The molecule has 0 fully saturated rings. The van der Waals surface area contributed by atoms with Gasteiger partial charge in [0.15, 0.2) is 17.6 Å². The van der Waals surface area contributed by atoms with Crippen molar-refractivity contribution >= 4 is 44.0 Å². The van der Waals surface area contributed by atoms with Crippen LogP contribution in [0, 0.1) is 0 Å². The van der Waals surface area contributed by atoms with Crippen molar-refractivity contribution in [3.8, 4) is 17.2 Å². The summed E-state index contributed by atoms with van der Waals surface area (Å²) in [6.45, 7) is 1.71. The van der Waals surface area contributed by atoms with E-state index in [0.29, 0.717) is 44.6 Å². The number of aliphatic hydroxyl groups excluding tert-OH is 1. The number of pyridine rings is 2. The number of ether oxygens (including phenoxy) is 3. The standard InChI is InChI=1S/C31H27N3O6/c1-17(30(36)33-16-24(35)18-7-5-4-6-8-18)40-19-9-11-23-22(15-19)20-13-14-32-27-21-10-12-25(38-2)29(39-3)26(21)31(37)34(23)28(20)27/h4-15,17,24,35H,16H2,1-3H3,(H,33,36)/t17-,24+/m0/s1. The SMILES string of the molecule is COc1ccc2c(c1OC)c(=O)n1c3ccc(O[C@@H](C)C(=O)NC[C@@H](O)c4ccccc4)cc3c3ccnc2c31. The Hall–Kier alpha value is -4.89. The molecule has 0 aliphatic carbocycles. The van der Waals surface area contributed by atoms with E-state index in [1.54, 1.807) is 47.9 Å². The molecule has 0 aliphatic heterocycles. The van der Waals surface area contributed by atoms with Crippen molar-refractivity contribution in [1.82, 2.24) is 14.7 Å². The number of aliphatic hydroxyl groups is 1. The van der Waals surface area contributed by atoms with Crippen LogP contribution >= 0.6 is 0 Å². The molecule has 2 N–H and O–H groups in total. The van der Waals surface area contributed by atoms with E-state index < -0.39 is 12.2 Å². The third kappa shape index (κ3) is 4.02. The van der Waals surface area contributed by atoms with E-state index in [4.69, 9.17) is 14.2 Å². The van der Waals surface area contributed by atoms with E-state index >= 15 is 0 Å². The first-order valence-corrected chi connectivity index (χ1v) is 12.8. The second-order valence-electron chi connectivity index (χ2n) is 9.53. The number of rotatable bonds is 8. The Kier molecular flexibility index (Phi) is 6.36. The summed E-state index contributed by atoms with van der Waals surface area (Å²) in [5.41, 5.74) is 2.51. The molecule has 6 rings (SSSR count). The Morgan fingerprint density at radius 1 is 1.00 bits per heavy atom. The maximum absolute atomic E-state index is 13.9. The van der Waals surface area contributed by atoms with Crippen LogP contribution in [0.2, 0.25) is 0 Å². The van der Waals surface area contributed by atoms with Crippen molar-refractivity contribution < 1.29 is 24.1 Å². The summed E-state index contributed by atoms with van der Waals surface area (Å²) in [7, 11) is 3.03. The Morgan fingerprint density at radius 3 is 2.55 bits per heavy atom. The number of nitrogens with zero attached hydrogens (tertiary/aromatic N) is 2. The minimum atomic E-state index is -0.822. The van der Waals surface area contributed by atoms with Gasteiger partial charge in [-0.25, -0.2) is 0 Å². The quantitative estimate of drug-likeness (QED) is 0.280. The number of hydrogen-bond donors (Lipinski definition) is 2. The van der Waals surface area contributed by atoms with E-state index in [1.165, 1.54) is 14.2 Å². The average molecular weight is 538 g/mol. The number of amides is 1. The summed E-state index contributed by atoms with van der Waals surface area (Å²) in [6.07, 6.45) is 0.0704. The third-order valence-electron chi connectivity index (χ3n) is 7.20. The molecule has 0 bridgehead atoms. The predicted molar refractivity (Wildman–Crippen MR) is 153 cm³/mol. The highest BCUT2D eigenvalue weighted by Gasteiger charge is 2.23. The van der Waals surface area contributed by atoms with Gasteiger partial charge in [-0.05, 0) is 48.9 Å². The summed E-state index contributed by atoms with van der Waals surface area (Å²) in [5, 5.41) is 15.8. The molecular formula is C31H27N3O6. The van der Waals surface area contributed by atoms with Crippen molar-refractivity contribution in [2.45, 2.75) is 19.1 Å². The minimum absolute atomic E-state index is 0.0652. The predicted octanol–water partition coefficient (Wildman–Crippen LogP) is 4.23. The van der Waals surface area contributed by atoms with E-state index in [0.717, 1.165) is 16.3 Å². The van der Waals surface area contributed by atoms with Crippen LogP contribution in [0.1, 0.15) is 18.6 Å². The number of carbonyl (C=O) groups excluding carboxylic acids is 1. The molecule has 0 unspecified atom stereocenters. The molecule has 0 saturated heterocycles. The van der Waals surface area contributed by atoms with Crippen molar-refractivity contribution in [1.29, 1.82) is 0 Å². The Labute approximate surface area is 228 Å². The van der Waals surface area contributed by atoms with Crippen LogP contribution in [0.3, 0.4) is 0 Å². The van der Waals surface area contributed by atoms with Gasteiger partial charge >= 0.3 is 0 Å². The molecule has 9 heteroatoms. The molecule has 0 saturated carbocycles. The van der Waals surface area contributed by atoms with Crippen LogP contribution in [-0.4, -0.2) is 47.3 Å². The zero-order valence-corrected chi connectivity index (χ0v) is 22.2. The maximum Gasteiger partial charge on any atom is 0.267 e. The van der Waals surface area contributed by atoms with Crippen molar-refractivity contribution in [3.05, 3.63) is 88.8 Å². The number of aromatic nitrogens is 2. The van der Waals surface area contributed by atoms with Gasteiger partial charge in [0.1, 0.15) is 5.75 Å². The largest absolute Gasteiger partial charge is 0.493 e. The lowest BCUT2D eigenvalue weighted by molar-refractivity contribution is -0.127. The molecule has 3 heterocycles. The first kappa shape index (κ1) is 25.4. The second kappa shape index (κ2) is 10.0. The van der Waals surface area contributed by atoms with Gasteiger partial charge in [-0.3, -0.25) is 19.0 Å². The molecule has 0 aliphatic rings. The molecule has 6 aromatic rings. The monoisotopic (exact) mass is 537 g/mol. The molecular weight excluding hydrogens is 510 g/mol. The van der Waals surface area contributed by atoms with Crippen LogP contribution in [-0.2, 0) is 4.79 Å². The topological polar surface area (TPSA) is 111 Å². The van der Waals surface area contributed by atoms with Gasteiger partial charge in [-0.2, -0.15) is 0 Å². The van der Waals surface area contributed by atoms with E-state index in [1.807, 2.05) is 36.4 Å². The van der Waals surface area contributed by atoms with Gasteiger partial charge in [-0.1, -0.05) is 30.3 Å². The highest BCUT2D eigenvalue weighted by atomic mass is 16.5. The molecule has 202 valence electrons. The van der Waals surface area contributed by atoms with Gasteiger partial charge in [0.05, 0.1) is 42.3 Å². The number of fused-ring (bicyclic) bond motifs is 5. The number of hydrogen-bond acceptors (Lipinski definition) is 7. The molecule has 40 heavy (non-hydrogen) atoms. The van der Waals surface area contributed by atoms with Crippen LogP contribution in [0.4, 0.5) is 0 Å². The van der Waals surface area contributed by atoms with Crippen molar-refractivity contribution in [2.75, 3.05) is 20.8 Å². The normalized spacial score (nSPS) is 13.1. The number of methoxy groups -OCH3 is 2. The number of benzene rings is 3. The van der Waals surface area contributed by atoms with Gasteiger partial charge in [0, 0.05) is 28.9 Å². The minimum Gasteiger partial charge on any atom is -0.493 e. The fourth-order valence-electron chi connectivity index (χ4n) is 5.27. The summed E-state index contributed by atoms with van der Waals surface area (Å²) in [4.78, 5) is 31.2. The van der Waals surface area contributed by atoms with Crippen LogP contribution in [0.5, 0.6) is 17.2 Å². The second-order valence-corrected chi connectivity index (χ2v) is 9.53. The molecule has 1 amide bonds. The van der Waals surface area contributed by atoms with Crippen LogP contribution in [0.25, 0.3) is 38.1 Å². The Bertz CT molecular complexity index is 1940. The summed E-state index contributed by atoms with van der Waals surface area (Å²) in [5.74, 6) is 0.933. The lowest BCUT2D eigenvalue weighted by Gasteiger charge is -2.17. The zero-order chi connectivity index (χ0) is 28.0. The molecule has 2 atom stereocenters. The van der Waals surface area contributed by atoms with Crippen LogP contribution < -0.4 is 25.1 Å². The summed E-state index contributed by atoms with van der Waals surface area (Å²) < 4.78 is 18.6. The van der Waals surface area contributed by atoms with Gasteiger partial charge in [0.2, 0.25) is 0 Å². The molecule has 0 radical (unpaired) electrons. The summed E-state index contributed by atoms with van der Waals surface area (Å²) >= 11 is 0. The van der Waals surface area contributed by atoms with Gasteiger partial charge in [-0.15, -0.1) is 0 Å². The maximum atomic E-state index is 13.9. The molecule has 3 aromatic heterocycles. The highest BCUT2D eigenvalue weighted by molar-refractivity contribution is 6.19. The summed E-state index contributed by atoms with van der Waals surface area (Å²) in [6, 6.07) is 19.9. The fraction of sp³-hybridized carbons (Fsp3) is 0.194. The Morgan fingerprint density at radius 2 is 1.80 bits per heavy atom. The van der Waals surface area contributed by atoms with Crippen LogP contribution in [0.15, 0.2) is 77.7 Å². The zero-order valence-electron chi connectivity index (χ0n) is 22.2. The molecule has 9 nitrogen and oxygen atoms in total.